The van der Waals surface area contributed by atoms with Crippen LogP contribution in [0.2, 0.25) is 0 Å². The Kier molecular flexibility index (Phi) is 2.85. The fourth-order valence-electron chi connectivity index (χ4n) is 3.29. The van der Waals surface area contributed by atoms with Gasteiger partial charge in [0, 0.05) is 25.2 Å². The molecule has 19 heavy (non-hydrogen) atoms. The van der Waals surface area contributed by atoms with Gasteiger partial charge in [-0.25, -0.2) is 4.68 Å². The summed E-state index contributed by atoms with van der Waals surface area (Å²) < 4.78 is 1.80. The molecule has 1 amide bonds. The molecule has 0 bridgehead atoms. The Balaban J connectivity index is 1.83. The normalized spacial score (nSPS) is 29.2. The highest BCUT2D eigenvalue weighted by molar-refractivity contribution is 5.93. The molecule has 1 saturated heterocycles. The predicted octanol–water partition coefficient (Wildman–Crippen LogP) is 0.424. The van der Waals surface area contributed by atoms with E-state index < -0.39 is 0 Å². The molecule has 6 nitrogen and oxygen atoms in total. The van der Waals surface area contributed by atoms with E-state index in [-0.39, 0.29) is 11.4 Å². The van der Waals surface area contributed by atoms with Crippen molar-refractivity contribution in [3.8, 4) is 0 Å². The quantitative estimate of drug-likeness (QED) is 0.857. The lowest BCUT2D eigenvalue weighted by Gasteiger charge is -2.39. The summed E-state index contributed by atoms with van der Waals surface area (Å²) in [6, 6.07) is 0. The molecule has 2 heterocycles. The second-order valence-electron chi connectivity index (χ2n) is 5.71. The van der Waals surface area contributed by atoms with Gasteiger partial charge in [0.1, 0.15) is 0 Å². The topological polar surface area (TPSA) is 77.0 Å². The van der Waals surface area contributed by atoms with Gasteiger partial charge in [-0.1, -0.05) is 12.1 Å². The number of nitrogens with zero attached hydrogens (tertiary/aromatic N) is 4. The summed E-state index contributed by atoms with van der Waals surface area (Å²) in [5.74, 6) is 0.471. The first-order valence-corrected chi connectivity index (χ1v) is 7.09. The Labute approximate surface area is 112 Å². The minimum absolute atomic E-state index is 0.00391. The Hall–Kier alpha value is -1.43. The Morgan fingerprint density at radius 1 is 1.53 bits per heavy atom. The number of amides is 1. The van der Waals surface area contributed by atoms with Crippen LogP contribution in [-0.4, -0.2) is 44.4 Å². The molecule has 1 aromatic rings. The zero-order valence-electron chi connectivity index (χ0n) is 11.6. The molecule has 3 rings (SSSR count). The molecule has 1 aliphatic heterocycles. The van der Waals surface area contributed by atoms with Gasteiger partial charge in [0.15, 0.2) is 5.69 Å². The fourth-order valence-corrected chi connectivity index (χ4v) is 3.29. The van der Waals surface area contributed by atoms with Crippen LogP contribution < -0.4 is 5.73 Å². The third-order valence-corrected chi connectivity index (χ3v) is 4.66. The van der Waals surface area contributed by atoms with Gasteiger partial charge in [0.25, 0.3) is 5.91 Å². The highest BCUT2D eigenvalue weighted by Crippen LogP contribution is 2.42. The number of aromatic nitrogens is 3. The summed E-state index contributed by atoms with van der Waals surface area (Å²) >= 11 is 0. The van der Waals surface area contributed by atoms with E-state index in [9.17, 15) is 4.79 Å². The number of fused-ring (bicyclic) bond motifs is 1. The second-order valence-corrected chi connectivity index (χ2v) is 5.71. The van der Waals surface area contributed by atoms with E-state index in [1.807, 2.05) is 18.7 Å². The summed E-state index contributed by atoms with van der Waals surface area (Å²) in [4.78, 5) is 14.4. The van der Waals surface area contributed by atoms with Crippen LogP contribution in [0, 0.1) is 5.92 Å². The van der Waals surface area contributed by atoms with Gasteiger partial charge in [-0.2, -0.15) is 0 Å². The monoisotopic (exact) mass is 263 g/mol. The second kappa shape index (κ2) is 4.30. The molecule has 1 aliphatic carbocycles. The molecule has 2 atom stereocenters. The number of nitrogens with two attached hydrogens (primary N) is 1. The van der Waals surface area contributed by atoms with Crippen molar-refractivity contribution >= 4 is 5.91 Å². The largest absolute Gasteiger partial charge is 0.335 e. The highest BCUT2D eigenvalue weighted by atomic mass is 16.2. The van der Waals surface area contributed by atoms with Crippen LogP contribution in [0.3, 0.4) is 0 Å². The lowest BCUT2D eigenvalue weighted by molar-refractivity contribution is 0.0778. The Bertz CT molecular complexity index is 511. The molecule has 1 aromatic heterocycles. The summed E-state index contributed by atoms with van der Waals surface area (Å²) in [6.07, 6.45) is 2.94. The maximum absolute atomic E-state index is 12.6. The first kappa shape index (κ1) is 12.6. The van der Waals surface area contributed by atoms with Crippen molar-refractivity contribution in [2.45, 2.75) is 45.2 Å². The van der Waals surface area contributed by atoms with Gasteiger partial charge in [0.2, 0.25) is 0 Å². The summed E-state index contributed by atoms with van der Waals surface area (Å²) in [7, 11) is 0. The molecule has 6 heteroatoms. The van der Waals surface area contributed by atoms with Crippen LogP contribution in [0.25, 0.3) is 0 Å². The van der Waals surface area contributed by atoms with Gasteiger partial charge < -0.3 is 10.6 Å². The number of carbonyl (C=O) groups is 1. The van der Waals surface area contributed by atoms with Crippen LogP contribution in [0.4, 0.5) is 0 Å². The van der Waals surface area contributed by atoms with Gasteiger partial charge in [-0.3, -0.25) is 4.79 Å². The molecule has 2 aliphatic rings. The van der Waals surface area contributed by atoms with E-state index in [0.29, 0.717) is 18.2 Å². The van der Waals surface area contributed by atoms with Crippen LogP contribution in [0.1, 0.15) is 42.9 Å². The van der Waals surface area contributed by atoms with Gasteiger partial charge >= 0.3 is 0 Å². The molecular formula is C13H21N5O. The number of rotatable bonds is 3. The van der Waals surface area contributed by atoms with Crippen LogP contribution in [0.5, 0.6) is 0 Å². The Morgan fingerprint density at radius 2 is 2.32 bits per heavy atom. The lowest BCUT2D eigenvalue weighted by Crippen LogP contribution is -2.54. The lowest BCUT2D eigenvalue weighted by atomic mass is 9.70. The van der Waals surface area contributed by atoms with E-state index in [4.69, 9.17) is 5.73 Å². The van der Waals surface area contributed by atoms with E-state index in [0.717, 1.165) is 38.0 Å². The summed E-state index contributed by atoms with van der Waals surface area (Å²) in [5, 5.41) is 8.13. The van der Waals surface area contributed by atoms with E-state index >= 15 is 0 Å². The van der Waals surface area contributed by atoms with Gasteiger partial charge in [0.05, 0.1) is 5.69 Å². The first-order chi connectivity index (χ1) is 9.09. The number of aryl methyl sites for hydroxylation is 1. The molecule has 0 aromatic carbocycles. The zero-order valence-corrected chi connectivity index (χ0v) is 11.6. The number of likely N-dealkylation sites (tertiary alicyclic amines) is 1. The standard InChI is InChI=1S/C13H21N5O/c1-3-10-11(15-16-18(10)4-2)12(19)17-7-9-5-6-13(9,14)8-17/h9H,3-8,14H2,1-2H3/t9-,13-/m0/s1. The van der Waals surface area contributed by atoms with Crippen LogP contribution in [0.15, 0.2) is 0 Å². The maximum Gasteiger partial charge on any atom is 0.276 e. The Morgan fingerprint density at radius 3 is 2.79 bits per heavy atom. The van der Waals surface area contributed by atoms with E-state index in [1.165, 1.54) is 0 Å². The maximum atomic E-state index is 12.6. The van der Waals surface area contributed by atoms with Crippen LogP contribution in [-0.2, 0) is 13.0 Å². The third kappa shape index (κ3) is 1.77. The van der Waals surface area contributed by atoms with Crippen molar-refractivity contribution in [1.29, 1.82) is 0 Å². The van der Waals surface area contributed by atoms with Crippen molar-refractivity contribution in [1.82, 2.24) is 19.9 Å². The predicted molar refractivity (Wildman–Crippen MR) is 70.6 cm³/mol. The fraction of sp³-hybridized carbons (Fsp3) is 0.769. The van der Waals surface area contributed by atoms with Crippen molar-refractivity contribution < 1.29 is 4.79 Å². The molecule has 2 N–H and O–H groups in total. The number of carbonyl (C=O) groups excluding carboxylic acids is 1. The van der Waals surface area contributed by atoms with Gasteiger partial charge in [-0.15, -0.1) is 5.10 Å². The first-order valence-electron chi connectivity index (χ1n) is 7.09. The highest BCUT2D eigenvalue weighted by Gasteiger charge is 2.51. The molecule has 1 saturated carbocycles. The van der Waals surface area contributed by atoms with Gasteiger partial charge in [-0.05, 0) is 32.1 Å². The van der Waals surface area contributed by atoms with Crippen molar-refractivity contribution in [3.05, 3.63) is 11.4 Å². The molecule has 0 unspecified atom stereocenters. The minimum atomic E-state index is -0.136. The van der Waals surface area contributed by atoms with E-state index in [2.05, 4.69) is 10.3 Å². The summed E-state index contributed by atoms with van der Waals surface area (Å²) in [5.41, 5.74) is 7.58. The van der Waals surface area contributed by atoms with E-state index in [1.54, 1.807) is 4.68 Å². The SMILES string of the molecule is CCc1c(C(=O)N2C[C@@H]3CC[C@]3(N)C2)nnn1CC. The van der Waals surface area contributed by atoms with Crippen LogP contribution >= 0.6 is 0 Å². The average Bonchev–Trinajstić information content (AvgIpc) is 2.92. The average molecular weight is 263 g/mol. The van der Waals surface area contributed by atoms with Crippen molar-refractivity contribution in [2.75, 3.05) is 13.1 Å². The summed E-state index contributed by atoms with van der Waals surface area (Å²) in [6.45, 7) is 6.22. The minimum Gasteiger partial charge on any atom is -0.335 e. The smallest absolute Gasteiger partial charge is 0.276 e. The molecule has 0 spiro atoms. The zero-order chi connectivity index (χ0) is 13.6. The molecule has 2 fully saturated rings. The van der Waals surface area contributed by atoms with Crippen molar-refractivity contribution in [3.63, 3.8) is 0 Å². The molecular weight excluding hydrogens is 242 g/mol. The number of hydrogen-bond acceptors (Lipinski definition) is 4. The third-order valence-electron chi connectivity index (χ3n) is 4.66. The number of hydrogen-bond donors (Lipinski definition) is 1. The van der Waals surface area contributed by atoms with Crippen molar-refractivity contribution in [2.24, 2.45) is 11.7 Å². The molecule has 104 valence electrons. The molecule has 0 radical (unpaired) electrons.